The highest BCUT2D eigenvalue weighted by Crippen LogP contribution is 2.29. The number of hydrogen-bond acceptors (Lipinski definition) is 3. The van der Waals surface area contributed by atoms with E-state index in [4.69, 9.17) is 4.74 Å². The highest BCUT2D eigenvalue weighted by molar-refractivity contribution is 9.10. The van der Waals surface area contributed by atoms with Gasteiger partial charge in [-0.25, -0.2) is 4.79 Å². The van der Waals surface area contributed by atoms with Gasteiger partial charge in [-0.05, 0) is 49.2 Å². The minimum Gasteiger partial charge on any atom is -0.445 e. The molecule has 3 rings (SSSR count). The van der Waals surface area contributed by atoms with E-state index >= 15 is 0 Å². The van der Waals surface area contributed by atoms with E-state index in [1.807, 2.05) is 31.2 Å². The molecule has 1 amide bonds. The number of rotatable bonds is 2. The minimum absolute atomic E-state index is 0.331. The van der Waals surface area contributed by atoms with Crippen molar-refractivity contribution in [3.05, 3.63) is 63.6 Å². The number of carbonyl (C=O) groups is 2. The van der Waals surface area contributed by atoms with Crippen molar-refractivity contribution in [1.29, 1.82) is 0 Å². The van der Waals surface area contributed by atoms with E-state index in [0.717, 1.165) is 15.6 Å². The number of ether oxygens (including phenoxy) is 1. The molecular formula is C18H16BrNO3. The quantitative estimate of drug-likeness (QED) is 0.812. The first kappa shape index (κ1) is 15.7. The smallest absolute Gasteiger partial charge is 0.339 e. The average Bonchev–Trinajstić information content (AvgIpc) is 2.51. The van der Waals surface area contributed by atoms with Crippen LogP contribution in [0.2, 0.25) is 0 Å². The maximum atomic E-state index is 12.6. The van der Waals surface area contributed by atoms with Gasteiger partial charge in [0, 0.05) is 16.6 Å². The lowest BCUT2D eigenvalue weighted by atomic mass is 9.89. The number of benzene rings is 2. The van der Waals surface area contributed by atoms with E-state index in [1.165, 1.54) is 0 Å². The standard InChI is InChI=1S/C18H16BrNO3/c1-11-9-13(7-8-15(11)19)20-17(22)18(2)10-12-5-3-4-6-14(12)16(21)23-18/h3-9H,10H2,1-2H3,(H,20,22). The molecule has 0 saturated heterocycles. The summed E-state index contributed by atoms with van der Waals surface area (Å²) >= 11 is 3.43. The van der Waals surface area contributed by atoms with Crippen LogP contribution in [-0.2, 0) is 16.0 Å². The van der Waals surface area contributed by atoms with Crippen molar-refractivity contribution in [3.63, 3.8) is 0 Å². The van der Waals surface area contributed by atoms with Crippen molar-refractivity contribution in [2.24, 2.45) is 0 Å². The molecule has 0 spiro atoms. The predicted molar refractivity (Wildman–Crippen MR) is 91.5 cm³/mol. The minimum atomic E-state index is -1.22. The summed E-state index contributed by atoms with van der Waals surface area (Å²) in [6.07, 6.45) is 0.357. The normalized spacial score (nSPS) is 19.7. The van der Waals surface area contributed by atoms with Gasteiger partial charge >= 0.3 is 5.97 Å². The van der Waals surface area contributed by atoms with Crippen LogP contribution in [0.1, 0.15) is 28.4 Å². The average molecular weight is 374 g/mol. The maximum Gasteiger partial charge on any atom is 0.339 e. The first-order valence-electron chi connectivity index (χ1n) is 7.28. The largest absolute Gasteiger partial charge is 0.445 e. The summed E-state index contributed by atoms with van der Waals surface area (Å²) in [5.41, 5.74) is 1.82. The summed E-state index contributed by atoms with van der Waals surface area (Å²) in [6.45, 7) is 3.58. The Labute approximate surface area is 143 Å². The summed E-state index contributed by atoms with van der Waals surface area (Å²) in [4.78, 5) is 24.8. The molecule has 1 atom stereocenters. The second-order valence-corrected chi connectivity index (χ2v) is 6.73. The summed E-state index contributed by atoms with van der Waals surface area (Å²) in [7, 11) is 0. The van der Waals surface area contributed by atoms with Gasteiger partial charge in [0.1, 0.15) is 0 Å². The Balaban J connectivity index is 1.84. The van der Waals surface area contributed by atoms with Gasteiger partial charge < -0.3 is 10.1 Å². The molecule has 0 bridgehead atoms. The predicted octanol–water partition coefficient (Wildman–Crippen LogP) is 3.87. The van der Waals surface area contributed by atoms with Crippen LogP contribution in [-0.4, -0.2) is 17.5 Å². The van der Waals surface area contributed by atoms with Crippen molar-refractivity contribution in [1.82, 2.24) is 0 Å². The van der Waals surface area contributed by atoms with Gasteiger partial charge in [-0.2, -0.15) is 0 Å². The second kappa shape index (κ2) is 5.81. The van der Waals surface area contributed by atoms with Crippen LogP contribution in [0.5, 0.6) is 0 Å². The Morgan fingerprint density at radius 2 is 2.00 bits per heavy atom. The Morgan fingerprint density at radius 3 is 2.74 bits per heavy atom. The molecule has 4 nitrogen and oxygen atoms in total. The van der Waals surface area contributed by atoms with Gasteiger partial charge in [-0.3, -0.25) is 4.79 Å². The third-order valence-electron chi connectivity index (χ3n) is 3.98. The Hall–Kier alpha value is -2.14. The maximum absolute atomic E-state index is 12.6. The number of hydrogen-bond donors (Lipinski definition) is 1. The molecular weight excluding hydrogens is 358 g/mol. The molecule has 1 heterocycles. The van der Waals surface area contributed by atoms with E-state index < -0.39 is 11.6 Å². The lowest BCUT2D eigenvalue weighted by molar-refractivity contribution is -0.134. The Kier molecular flexibility index (Phi) is 3.98. The molecule has 23 heavy (non-hydrogen) atoms. The molecule has 1 aliphatic rings. The topological polar surface area (TPSA) is 55.4 Å². The fourth-order valence-electron chi connectivity index (χ4n) is 2.65. The molecule has 1 N–H and O–H groups in total. The second-order valence-electron chi connectivity index (χ2n) is 5.87. The molecule has 2 aromatic carbocycles. The van der Waals surface area contributed by atoms with Crippen molar-refractivity contribution in [3.8, 4) is 0 Å². The zero-order valence-corrected chi connectivity index (χ0v) is 14.4. The number of cyclic esters (lactones) is 1. The van der Waals surface area contributed by atoms with Gasteiger partial charge in [0.05, 0.1) is 5.56 Å². The number of aryl methyl sites for hydroxylation is 1. The van der Waals surface area contributed by atoms with Crippen LogP contribution in [0.3, 0.4) is 0 Å². The van der Waals surface area contributed by atoms with Crippen LogP contribution >= 0.6 is 15.9 Å². The lowest BCUT2D eigenvalue weighted by Crippen LogP contribution is -2.48. The third kappa shape index (κ3) is 3.01. The van der Waals surface area contributed by atoms with Gasteiger partial charge in [0.2, 0.25) is 0 Å². The number of anilines is 1. The number of halogens is 1. The van der Waals surface area contributed by atoms with Gasteiger partial charge in [-0.1, -0.05) is 34.1 Å². The molecule has 0 radical (unpaired) electrons. The molecule has 1 unspecified atom stereocenters. The van der Waals surface area contributed by atoms with E-state index in [-0.39, 0.29) is 5.91 Å². The number of amides is 1. The van der Waals surface area contributed by atoms with Crippen molar-refractivity contribution in [2.45, 2.75) is 25.9 Å². The van der Waals surface area contributed by atoms with E-state index in [2.05, 4.69) is 21.2 Å². The molecule has 0 aromatic heterocycles. The van der Waals surface area contributed by atoms with Gasteiger partial charge in [0.25, 0.3) is 5.91 Å². The highest BCUT2D eigenvalue weighted by atomic mass is 79.9. The molecule has 5 heteroatoms. The molecule has 0 saturated carbocycles. The molecule has 0 aliphatic carbocycles. The summed E-state index contributed by atoms with van der Waals surface area (Å²) < 4.78 is 6.40. The van der Waals surface area contributed by atoms with E-state index in [0.29, 0.717) is 17.7 Å². The fourth-order valence-corrected chi connectivity index (χ4v) is 2.89. The first-order chi connectivity index (χ1) is 10.9. The zero-order valence-electron chi connectivity index (χ0n) is 12.9. The molecule has 2 aromatic rings. The van der Waals surface area contributed by atoms with Crippen LogP contribution in [0, 0.1) is 6.92 Å². The fraction of sp³-hybridized carbons (Fsp3) is 0.222. The first-order valence-corrected chi connectivity index (χ1v) is 8.07. The van der Waals surface area contributed by atoms with Crippen LogP contribution < -0.4 is 5.32 Å². The van der Waals surface area contributed by atoms with Crippen molar-refractivity contribution < 1.29 is 14.3 Å². The Morgan fingerprint density at radius 1 is 1.26 bits per heavy atom. The number of fused-ring (bicyclic) bond motifs is 1. The molecule has 118 valence electrons. The summed E-state index contributed by atoms with van der Waals surface area (Å²) in [5, 5.41) is 2.83. The van der Waals surface area contributed by atoms with Crippen LogP contribution in [0.15, 0.2) is 46.9 Å². The van der Waals surface area contributed by atoms with Crippen molar-refractivity contribution in [2.75, 3.05) is 5.32 Å². The van der Waals surface area contributed by atoms with Crippen LogP contribution in [0.4, 0.5) is 5.69 Å². The van der Waals surface area contributed by atoms with Gasteiger partial charge in [0.15, 0.2) is 5.60 Å². The summed E-state index contributed by atoms with van der Waals surface area (Å²) in [6, 6.07) is 12.7. The van der Waals surface area contributed by atoms with Crippen molar-refractivity contribution >= 4 is 33.5 Å². The molecule has 1 aliphatic heterocycles. The SMILES string of the molecule is Cc1cc(NC(=O)C2(C)Cc3ccccc3C(=O)O2)ccc1Br. The number of carbonyl (C=O) groups excluding carboxylic acids is 2. The number of esters is 1. The zero-order chi connectivity index (χ0) is 16.6. The lowest BCUT2D eigenvalue weighted by Gasteiger charge is -2.33. The van der Waals surface area contributed by atoms with Crippen LogP contribution in [0.25, 0.3) is 0 Å². The van der Waals surface area contributed by atoms with E-state index in [9.17, 15) is 9.59 Å². The number of nitrogens with one attached hydrogen (secondary N) is 1. The highest BCUT2D eigenvalue weighted by Gasteiger charge is 2.42. The monoisotopic (exact) mass is 373 g/mol. The van der Waals surface area contributed by atoms with Gasteiger partial charge in [-0.15, -0.1) is 0 Å². The Bertz CT molecular complexity index is 803. The summed E-state index contributed by atoms with van der Waals surface area (Å²) in [5.74, 6) is -0.793. The molecule has 0 fully saturated rings. The third-order valence-corrected chi connectivity index (χ3v) is 4.87. The van der Waals surface area contributed by atoms with E-state index in [1.54, 1.807) is 25.1 Å².